The van der Waals surface area contributed by atoms with Gasteiger partial charge in [0, 0.05) is 32.4 Å². The monoisotopic (exact) mass is 598 g/mol. The van der Waals surface area contributed by atoms with Gasteiger partial charge in [-0.1, -0.05) is 97.1 Å². The summed E-state index contributed by atoms with van der Waals surface area (Å²) in [6.45, 7) is 0. The molecule has 0 amide bonds. The summed E-state index contributed by atoms with van der Waals surface area (Å²) in [6.07, 6.45) is 1.44. The van der Waals surface area contributed by atoms with Gasteiger partial charge in [-0.05, 0) is 87.3 Å². The molecule has 0 aliphatic rings. The van der Waals surface area contributed by atoms with E-state index >= 15 is 0 Å². The number of hydrogen-bond donors (Lipinski definition) is 1. The van der Waals surface area contributed by atoms with Crippen LogP contribution in [0.2, 0.25) is 0 Å². The first-order valence-electron chi connectivity index (χ1n) is 14.5. The second-order valence-electron chi connectivity index (χ2n) is 10.6. The zero-order chi connectivity index (χ0) is 30.8. The first kappa shape index (κ1) is 27.8. The summed E-state index contributed by atoms with van der Waals surface area (Å²) in [7, 11) is 0. The van der Waals surface area contributed by atoms with Gasteiger partial charge in [0.25, 0.3) is 0 Å². The van der Waals surface area contributed by atoms with Crippen molar-refractivity contribution in [2.45, 2.75) is 0 Å². The third kappa shape index (κ3) is 5.25. The Morgan fingerprint density at radius 2 is 1.07 bits per heavy atom. The molecule has 45 heavy (non-hydrogen) atoms. The van der Waals surface area contributed by atoms with Gasteiger partial charge in [0.15, 0.2) is 0 Å². The van der Waals surface area contributed by atoms with Crippen molar-refractivity contribution < 1.29 is 9.90 Å². The van der Waals surface area contributed by atoms with Gasteiger partial charge in [0.05, 0.1) is 0 Å². The molecule has 0 atom stereocenters. The first-order chi connectivity index (χ1) is 22.1. The Bertz CT molecular complexity index is 2150. The molecule has 0 aliphatic heterocycles. The fraction of sp³-hybridized carbons (Fsp3) is 0. The second-order valence-corrected chi connectivity index (χ2v) is 11.7. The standard InChI is InChI=1S/C40H26N2O2S/c41-26-28(40(43)44)25-32-23-24-37(45-32)39-35-17-9-7-15-33(35)38(34-16-8-10-18-36(34)39)27-19-21-31(22-20-27)42(29-11-3-1-4-12-29)30-13-5-2-6-14-30/h1-25H,(H,43,44)/b28-25+. The average molecular weight is 599 g/mol. The van der Waals surface area contributed by atoms with Crippen molar-refractivity contribution in [1.82, 2.24) is 0 Å². The van der Waals surface area contributed by atoms with Crippen LogP contribution in [0, 0.1) is 11.3 Å². The Balaban J connectivity index is 1.39. The number of rotatable bonds is 7. The van der Waals surface area contributed by atoms with Crippen LogP contribution in [0.1, 0.15) is 4.88 Å². The van der Waals surface area contributed by atoms with E-state index in [1.807, 2.05) is 24.3 Å². The van der Waals surface area contributed by atoms with Gasteiger partial charge in [-0.25, -0.2) is 4.79 Å². The lowest BCUT2D eigenvalue weighted by molar-refractivity contribution is -0.132. The number of carbonyl (C=O) groups is 1. The highest BCUT2D eigenvalue weighted by Gasteiger charge is 2.19. The van der Waals surface area contributed by atoms with Crippen molar-refractivity contribution in [2.24, 2.45) is 0 Å². The summed E-state index contributed by atoms with van der Waals surface area (Å²) >= 11 is 1.48. The lowest BCUT2D eigenvalue weighted by Gasteiger charge is -2.25. The Morgan fingerprint density at radius 3 is 1.56 bits per heavy atom. The zero-order valence-corrected chi connectivity index (χ0v) is 24.9. The Kier molecular flexibility index (Phi) is 7.41. The minimum absolute atomic E-state index is 0.282. The van der Waals surface area contributed by atoms with E-state index in [0.29, 0.717) is 0 Å². The molecule has 7 aromatic rings. The summed E-state index contributed by atoms with van der Waals surface area (Å²) in [6, 6.07) is 52.1. The van der Waals surface area contributed by atoms with Crippen molar-refractivity contribution in [3.05, 3.63) is 156 Å². The first-order valence-corrected chi connectivity index (χ1v) is 15.3. The number of nitriles is 1. The number of carboxylic acids is 1. The smallest absolute Gasteiger partial charge is 0.346 e. The van der Waals surface area contributed by atoms with Crippen LogP contribution in [-0.4, -0.2) is 11.1 Å². The quantitative estimate of drug-likeness (QED) is 0.113. The summed E-state index contributed by atoms with van der Waals surface area (Å²) in [4.78, 5) is 15.4. The third-order valence-corrected chi connectivity index (χ3v) is 8.93. The van der Waals surface area contributed by atoms with E-state index in [1.54, 1.807) is 6.07 Å². The van der Waals surface area contributed by atoms with Gasteiger partial charge in [-0.2, -0.15) is 5.26 Å². The number of aliphatic carboxylic acids is 1. The van der Waals surface area contributed by atoms with Crippen molar-refractivity contribution in [1.29, 1.82) is 5.26 Å². The fourth-order valence-electron chi connectivity index (χ4n) is 5.93. The number of carboxylic acid groups (broad SMARTS) is 1. The summed E-state index contributed by atoms with van der Waals surface area (Å²) in [5, 5.41) is 23.1. The lowest BCUT2D eigenvalue weighted by Crippen LogP contribution is -2.09. The molecular formula is C40H26N2O2S. The second kappa shape index (κ2) is 12.0. The molecule has 0 fully saturated rings. The predicted molar refractivity (Wildman–Crippen MR) is 186 cm³/mol. The third-order valence-electron chi connectivity index (χ3n) is 7.89. The van der Waals surface area contributed by atoms with E-state index < -0.39 is 5.97 Å². The summed E-state index contributed by atoms with van der Waals surface area (Å²) in [5.41, 5.74) is 6.35. The molecule has 0 spiro atoms. The Hall–Kier alpha value is -5.96. The number of nitrogens with zero attached hydrogens (tertiary/aromatic N) is 2. The van der Waals surface area contributed by atoms with Crippen molar-refractivity contribution >= 4 is 62.0 Å². The number of benzene rings is 6. The maximum atomic E-state index is 11.4. The molecule has 214 valence electrons. The van der Waals surface area contributed by atoms with Gasteiger partial charge in [-0.15, -0.1) is 11.3 Å². The Morgan fingerprint density at radius 1 is 0.600 bits per heavy atom. The van der Waals surface area contributed by atoms with E-state index in [9.17, 15) is 15.2 Å². The highest BCUT2D eigenvalue weighted by atomic mass is 32.1. The molecule has 1 aromatic heterocycles. The van der Waals surface area contributed by atoms with Crippen LogP contribution in [0.4, 0.5) is 17.1 Å². The van der Waals surface area contributed by atoms with Crippen molar-refractivity contribution in [2.75, 3.05) is 4.90 Å². The Labute approximate surface area is 265 Å². The number of para-hydroxylation sites is 2. The lowest BCUT2D eigenvalue weighted by atomic mass is 9.88. The van der Waals surface area contributed by atoms with E-state index in [-0.39, 0.29) is 5.57 Å². The van der Waals surface area contributed by atoms with Crippen LogP contribution in [0.25, 0.3) is 49.2 Å². The van der Waals surface area contributed by atoms with Crippen molar-refractivity contribution in [3.8, 4) is 27.6 Å². The summed E-state index contributed by atoms with van der Waals surface area (Å²) < 4.78 is 0. The normalized spacial score (nSPS) is 11.4. The summed E-state index contributed by atoms with van der Waals surface area (Å²) in [5.74, 6) is -1.23. The van der Waals surface area contributed by atoms with E-state index in [1.165, 1.54) is 17.4 Å². The average Bonchev–Trinajstić information content (AvgIpc) is 3.55. The molecule has 0 unspecified atom stereocenters. The van der Waals surface area contributed by atoms with Gasteiger partial charge in [0.1, 0.15) is 11.6 Å². The molecule has 4 nitrogen and oxygen atoms in total. The van der Waals surface area contributed by atoms with Gasteiger partial charge < -0.3 is 10.0 Å². The largest absolute Gasteiger partial charge is 0.477 e. The maximum absolute atomic E-state index is 11.4. The van der Waals surface area contributed by atoms with Crippen LogP contribution < -0.4 is 4.90 Å². The van der Waals surface area contributed by atoms with Crippen LogP contribution in [0.15, 0.2) is 151 Å². The van der Waals surface area contributed by atoms with Gasteiger partial charge in [0.2, 0.25) is 0 Å². The molecule has 0 aliphatic carbocycles. The van der Waals surface area contributed by atoms with Crippen molar-refractivity contribution in [3.63, 3.8) is 0 Å². The molecule has 1 N–H and O–H groups in total. The molecule has 0 saturated heterocycles. The maximum Gasteiger partial charge on any atom is 0.346 e. The molecule has 0 bridgehead atoms. The zero-order valence-electron chi connectivity index (χ0n) is 24.1. The predicted octanol–water partition coefficient (Wildman–Crippen LogP) is 10.8. The van der Waals surface area contributed by atoms with Gasteiger partial charge in [-0.3, -0.25) is 0 Å². The topological polar surface area (TPSA) is 64.3 Å². The number of fused-ring (bicyclic) bond motifs is 2. The van der Waals surface area contributed by atoms with E-state index in [0.717, 1.165) is 65.1 Å². The molecular weight excluding hydrogens is 573 g/mol. The van der Waals surface area contributed by atoms with Gasteiger partial charge >= 0.3 is 5.97 Å². The molecule has 0 radical (unpaired) electrons. The fourth-order valence-corrected chi connectivity index (χ4v) is 6.96. The molecule has 1 heterocycles. The number of anilines is 3. The van der Waals surface area contributed by atoms with Crippen LogP contribution >= 0.6 is 11.3 Å². The molecule has 0 saturated carbocycles. The molecule has 7 rings (SSSR count). The minimum Gasteiger partial charge on any atom is -0.477 e. The van der Waals surface area contributed by atoms with Crippen LogP contribution in [0.3, 0.4) is 0 Å². The highest BCUT2D eigenvalue weighted by molar-refractivity contribution is 7.16. The minimum atomic E-state index is -1.23. The molecule has 5 heteroatoms. The SMILES string of the molecule is N#C/C(=C\c1ccc(-c2c3ccccc3c(-c3ccc(N(c4ccccc4)c4ccccc4)cc3)c3ccccc23)s1)C(=O)O. The van der Waals surface area contributed by atoms with Crippen LogP contribution in [-0.2, 0) is 4.79 Å². The van der Waals surface area contributed by atoms with E-state index in [4.69, 9.17) is 0 Å². The number of thiophene rings is 1. The van der Waals surface area contributed by atoms with Crippen LogP contribution in [0.5, 0.6) is 0 Å². The van der Waals surface area contributed by atoms with E-state index in [2.05, 4.69) is 126 Å². The highest BCUT2D eigenvalue weighted by Crippen LogP contribution is 2.46. The number of hydrogen-bond acceptors (Lipinski definition) is 4. The molecule has 6 aromatic carbocycles.